The van der Waals surface area contributed by atoms with Crippen molar-refractivity contribution in [3.8, 4) is 44.5 Å². The van der Waals surface area contributed by atoms with Gasteiger partial charge in [0.2, 0.25) is 0 Å². The van der Waals surface area contributed by atoms with Gasteiger partial charge in [-0.2, -0.15) is 0 Å². The van der Waals surface area contributed by atoms with Gasteiger partial charge in [0.15, 0.2) is 0 Å². The van der Waals surface area contributed by atoms with Gasteiger partial charge in [-0.3, -0.25) is 0 Å². The molecule has 114 heavy (non-hydrogen) atoms. The maximum atomic E-state index is 2.48. The van der Waals surface area contributed by atoms with Crippen LogP contribution >= 0.6 is 0 Å². The minimum absolute atomic E-state index is 1.03. The fourth-order valence-corrected chi connectivity index (χ4v) is 17.5. The molecule has 0 saturated heterocycles. The van der Waals surface area contributed by atoms with Crippen LogP contribution in [0.5, 0.6) is 0 Å². The lowest BCUT2D eigenvalue weighted by Crippen LogP contribution is -2.11. The highest BCUT2D eigenvalue weighted by Crippen LogP contribution is 2.52. The smallest absolute Gasteiger partial charge is 0.0540 e. The molecule has 21 rings (SSSR count). The van der Waals surface area contributed by atoms with Gasteiger partial charge >= 0.3 is 0 Å². The zero-order valence-electron chi connectivity index (χ0n) is 62.5. The molecule has 0 heterocycles. The molecule has 21 aromatic rings. The van der Waals surface area contributed by atoms with E-state index in [1.807, 2.05) is 0 Å². The molecule has 0 amide bonds. The first-order valence-electron chi connectivity index (χ1n) is 39.2. The summed E-state index contributed by atoms with van der Waals surface area (Å²) in [7, 11) is 0. The van der Waals surface area contributed by atoms with Crippen molar-refractivity contribution in [2.24, 2.45) is 0 Å². The molecule has 0 aliphatic heterocycles. The maximum Gasteiger partial charge on any atom is 0.0540 e. The van der Waals surface area contributed by atoms with Crippen LogP contribution in [0.3, 0.4) is 0 Å². The monoisotopic (exact) mass is 1450 g/mol. The first kappa shape index (κ1) is 67.0. The van der Waals surface area contributed by atoms with Crippen LogP contribution in [0.4, 0.5) is 68.2 Å². The summed E-state index contributed by atoms with van der Waals surface area (Å²) in [4.78, 5) is 9.76. The van der Waals surface area contributed by atoms with E-state index in [2.05, 4.69) is 469 Å². The van der Waals surface area contributed by atoms with Crippen LogP contribution < -0.4 is 19.6 Å². The van der Waals surface area contributed by atoms with E-state index in [1.54, 1.807) is 0 Å². The van der Waals surface area contributed by atoms with Gasteiger partial charge in [0.1, 0.15) is 0 Å². The van der Waals surface area contributed by atoms with E-state index in [4.69, 9.17) is 0 Å². The molecule has 0 saturated carbocycles. The van der Waals surface area contributed by atoms with Gasteiger partial charge in [0.25, 0.3) is 0 Å². The van der Waals surface area contributed by atoms with E-state index >= 15 is 0 Å². The molecular formula is C110H74N4. The van der Waals surface area contributed by atoms with Gasteiger partial charge in [0.05, 0.1) is 11.4 Å². The Kier molecular flexibility index (Phi) is 16.9. The Hall–Kier alpha value is -15.1. The first-order valence-corrected chi connectivity index (χ1v) is 39.2. The highest BCUT2D eigenvalue weighted by molar-refractivity contribution is 6.23. The second-order valence-electron chi connectivity index (χ2n) is 29.5. The quantitative estimate of drug-likeness (QED) is 0.0894. The second kappa shape index (κ2) is 28.7. The van der Waals surface area contributed by atoms with Gasteiger partial charge in [0, 0.05) is 67.6 Å². The summed E-state index contributed by atoms with van der Waals surface area (Å²) in [5, 5.41) is 18.6. The molecule has 0 radical (unpaired) electrons. The average Bonchev–Trinajstić information content (AvgIpc) is 0.721. The van der Waals surface area contributed by atoms with Crippen LogP contribution in [0.2, 0.25) is 0 Å². The summed E-state index contributed by atoms with van der Waals surface area (Å²) < 4.78 is 0. The average molecular weight is 1450 g/mol. The van der Waals surface area contributed by atoms with E-state index in [0.29, 0.717) is 0 Å². The Morgan fingerprint density at radius 3 is 0.711 bits per heavy atom. The second-order valence-corrected chi connectivity index (χ2v) is 29.5. The van der Waals surface area contributed by atoms with E-state index in [-0.39, 0.29) is 0 Å². The van der Waals surface area contributed by atoms with Crippen molar-refractivity contribution in [3.63, 3.8) is 0 Å². The molecule has 4 nitrogen and oxygen atoms in total. The first-order chi connectivity index (χ1) is 56.5. The van der Waals surface area contributed by atoms with Crippen LogP contribution in [-0.2, 0) is 0 Å². The number of nitrogens with zero attached hydrogens (tertiary/aromatic N) is 4. The molecule has 21 aromatic carbocycles. The normalized spacial score (nSPS) is 11.5. The number of fused-ring (bicyclic) bond motifs is 8. The summed E-state index contributed by atoms with van der Waals surface area (Å²) >= 11 is 0. The third-order valence-corrected chi connectivity index (χ3v) is 22.9. The van der Waals surface area contributed by atoms with Gasteiger partial charge in [-0.05, 0) is 253 Å². The van der Waals surface area contributed by atoms with Crippen LogP contribution in [0.15, 0.2) is 449 Å². The molecule has 0 aliphatic carbocycles. The SMILES string of the molecule is c1ccc(-c2ccc(N(c3ccccc3)c3ccc4c(-c5ccc(N(c6ccc7ccccc7c6)c6ccc7ccccc7c6)cc5)c5cc(N(c6ccccc6)c6ccc(-c7ccccc7)c7ccccc67)ccc5c(-c5ccc(N(c6ccc7ccccc7c6)c6ccc7ccccc7c6)cc5)c4c3)c3ccccc23)cc1. The summed E-state index contributed by atoms with van der Waals surface area (Å²) in [6.45, 7) is 0. The van der Waals surface area contributed by atoms with E-state index in [1.165, 1.54) is 76.1 Å². The van der Waals surface area contributed by atoms with Gasteiger partial charge in [-0.25, -0.2) is 0 Å². The summed E-state index contributed by atoms with van der Waals surface area (Å²) in [5.74, 6) is 0. The highest BCUT2D eigenvalue weighted by Gasteiger charge is 2.27. The molecule has 0 fully saturated rings. The van der Waals surface area contributed by atoms with Crippen LogP contribution in [0.1, 0.15) is 0 Å². The molecule has 4 heteroatoms. The van der Waals surface area contributed by atoms with Gasteiger partial charge < -0.3 is 19.6 Å². The Morgan fingerprint density at radius 1 is 0.123 bits per heavy atom. The molecule has 0 atom stereocenters. The molecule has 0 aliphatic rings. The van der Waals surface area contributed by atoms with Crippen LogP contribution in [-0.4, -0.2) is 0 Å². The molecule has 0 N–H and O–H groups in total. The fraction of sp³-hybridized carbons (Fsp3) is 0. The lowest BCUT2D eigenvalue weighted by atomic mass is 9.85. The predicted molar refractivity (Wildman–Crippen MR) is 487 cm³/mol. The number of anilines is 12. The van der Waals surface area contributed by atoms with Crippen LogP contribution in [0.25, 0.3) is 131 Å². The molecule has 0 spiro atoms. The van der Waals surface area contributed by atoms with Crippen molar-refractivity contribution < 1.29 is 0 Å². The zero-order chi connectivity index (χ0) is 75.4. The third-order valence-electron chi connectivity index (χ3n) is 22.9. The topological polar surface area (TPSA) is 13.0 Å². The number of benzene rings is 21. The number of para-hydroxylation sites is 2. The standard InChI is InChI=1S/C110H74N4/c1-5-29-79(30-6-1)97-65-67-107(101-43-23-21-41-99(97)101)113(87-37-9-3-10-38-87)95-61-63-103-105(73-95)109(81-49-53-89(54-50-81)111(91-57-45-75-25-13-17-33-83(75)69-91)92-58-46-76-26-14-18-34-84(76)70-92)104-64-62-96(114(88-39-11-4-12-40-88)108-68-66-98(80-31-7-2-8-32-80)100-42-22-24-44-102(100)108)74-106(104)110(103)82-51-55-90(56-52-82)112(93-59-47-77-27-15-19-35-85(77)71-93)94-60-48-78-28-16-20-36-86(78)72-94/h1-74H. The van der Waals surface area contributed by atoms with Crippen molar-refractivity contribution in [2.45, 2.75) is 0 Å². The predicted octanol–water partition coefficient (Wildman–Crippen LogP) is 31.5. The fourth-order valence-electron chi connectivity index (χ4n) is 17.5. The van der Waals surface area contributed by atoms with Crippen molar-refractivity contribution in [1.82, 2.24) is 0 Å². The van der Waals surface area contributed by atoms with Crippen molar-refractivity contribution in [3.05, 3.63) is 449 Å². The van der Waals surface area contributed by atoms with Gasteiger partial charge in [-0.1, -0.05) is 315 Å². The minimum atomic E-state index is 1.03. The Bertz CT molecular complexity index is 6630. The Morgan fingerprint density at radius 2 is 0.377 bits per heavy atom. The summed E-state index contributed by atoms with van der Waals surface area (Å²) in [6.07, 6.45) is 0. The minimum Gasteiger partial charge on any atom is -0.310 e. The number of hydrogen-bond donors (Lipinski definition) is 0. The lowest BCUT2D eigenvalue weighted by molar-refractivity contribution is 1.29. The van der Waals surface area contributed by atoms with Crippen molar-refractivity contribution in [1.29, 1.82) is 0 Å². The van der Waals surface area contributed by atoms with Gasteiger partial charge in [-0.15, -0.1) is 0 Å². The molecule has 534 valence electrons. The van der Waals surface area contributed by atoms with Crippen LogP contribution in [0, 0.1) is 0 Å². The summed E-state index contributed by atoms with van der Waals surface area (Å²) in [6, 6.07) is 166. The third kappa shape index (κ3) is 12.1. The number of hydrogen-bond acceptors (Lipinski definition) is 4. The summed E-state index contributed by atoms with van der Waals surface area (Å²) in [5.41, 5.74) is 21.9. The van der Waals surface area contributed by atoms with Crippen molar-refractivity contribution in [2.75, 3.05) is 19.6 Å². The van der Waals surface area contributed by atoms with E-state index < -0.39 is 0 Å². The molecule has 0 aromatic heterocycles. The molecule has 0 bridgehead atoms. The Labute approximate surface area is 663 Å². The van der Waals surface area contributed by atoms with E-state index in [9.17, 15) is 0 Å². The maximum absolute atomic E-state index is 2.48. The lowest BCUT2D eigenvalue weighted by Gasteiger charge is -2.30. The molecule has 0 unspecified atom stereocenters. The Balaban J connectivity index is 0.833. The highest BCUT2D eigenvalue weighted by atomic mass is 15.2. The molecular weight excluding hydrogens is 1380 g/mol. The zero-order valence-corrected chi connectivity index (χ0v) is 62.5. The largest absolute Gasteiger partial charge is 0.310 e. The van der Waals surface area contributed by atoms with Crippen molar-refractivity contribution >= 4 is 154 Å². The van der Waals surface area contributed by atoms with E-state index in [0.717, 1.165) is 123 Å². The number of rotatable bonds is 16.